The largest absolute Gasteiger partial charge is 0.497 e. The average molecular weight is 550 g/mol. The molecule has 1 aliphatic carbocycles. The van der Waals surface area contributed by atoms with E-state index in [9.17, 15) is 9.59 Å². The highest BCUT2D eigenvalue weighted by Gasteiger charge is 2.26. The number of hydrogen-bond donors (Lipinski definition) is 2. The molecule has 9 heteroatoms. The fourth-order valence-corrected chi connectivity index (χ4v) is 5.52. The zero-order valence-corrected chi connectivity index (χ0v) is 23.1. The molecule has 1 heterocycles. The van der Waals surface area contributed by atoms with Gasteiger partial charge in [0.1, 0.15) is 23.0 Å². The van der Waals surface area contributed by atoms with Crippen LogP contribution in [0.15, 0.2) is 63.6 Å². The molecule has 0 aliphatic heterocycles. The van der Waals surface area contributed by atoms with Gasteiger partial charge in [-0.3, -0.25) is 9.59 Å². The van der Waals surface area contributed by atoms with Gasteiger partial charge in [0.15, 0.2) is 0 Å². The Morgan fingerprint density at radius 1 is 1.03 bits per heavy atom. The van der Waals surface area contributed by atoms with Crippen LogP contribution in [0.5, 0.6) is 17.2 Å². The number of furan rings is 1. The molecule has 39 heavy (non-hydrogen) atoms. The Morgan fingerprint density at radius 3 is 2.38 bits per heavy atom. The number of ether oxygens (including phenoxy) is 3. The van der Waals surface area contributed by atoms with Gasteiger partial charge in [0, 0.05) is 5.75 Å². The molecule has 0 fully saturated rings. The second-order valence-corrected chi connectivity index (χ2v) is 9.96. The molecule has 0 atom stereocenters. The number of aliphatic carboxylic acids is 1. The first-order valence-electron chi connectivity index (χ1n) is 12.3. The molecular formula is C30H31NO7S. The van der Waals surface area contributed by atoms with Crippen molar-refractivity contribution in [3.63, 3.8) is 0 Å². The summed E-state index contributed by atoms with van der Waals surface area (Å²) in [4.78, 5) is 24.6. The third-order valence-electron chi connectivity index (χ3n) is 6.43. The molecule has 1 amide bonds. The monoisotopic (exact) mass is 549 g/mol. The van der Waals surface area contributed by atoms with Gasteiger partial charge in [-0.05, 0) is 82.8 Å². The third kappa shape index (κ3) is 6.49. The molecule has 0 saturated heterocycles. The van der Waals surface area contributed by atoms with Gasteiger partial charge in [0.25, 0.3) is 0 Å². The van der Waals surface area contributed by atoms with Gasteiger partial charge < -0.3 is 29.1 Å². The maximum atomic E-state index is 12.9. The summed E-state index contributed by atoms with van der Waals surface area (Å²) in [6.07, 6.45) is 3.86. The second-order valence-electron chi connectivity index (χ2n) is 8.85. The molecule has 8 nitrogen and oxygen atoms in total. The minimum atomic E-state index is -0.856. The van der Waals surface area contributed by atoms with Gasteiger partial charge in [0.2, 0.25) is 5.91 Å². The Hall–Kier alpha value is -4.11. The van der Waals surface area contributed by atoms with E-state index in [1.165, 1.54) is 11.8 Å². The number of carbonyl (C=O) groups excluding carboxylic acids is 1. The van der Waals surface area contributed by atoms with Crippen LogP contribution in [0.3, 0.4) is 0 Å². The van der Waals surface area contributed by atoms with Gasteiger partial charge >= 0.3 is 5.97 Å². The van der Waals surface area contributed by atoms with E-state index in [0.29, 0.717) is 35.3 Å². The van der Waals surface area contributed by atoms with Crippen molar-refractivity contribution < 1.29 is 33.3 Å². The lowest BCUT2D eigenvalue weighted by Gasteiger charge is -2.14. The molecule has 0 radical (unpaired) electrons. The van der Waals surface area contributed by atoms with Crippen LogP contribution in [0, 0.1) is 0 Å². The molecule has 3 aromatic rings. The predicted molar refractivity (Wildman–Crippen MR) is 151 cm³/mol. The lowest BCUT2D eigenvalue weighted by molar-refractivity contribution is -0.136. The number of benzene rings is 2. The summed E-state index contributed by atoms with van der Waals surface area (Å²) < 4.78 is 22.1. The van der Waals surface area contributed by atoms with Crippen LogP contribution in [0.2, 0.25) is 0 Å². The molecule has 1 aliphatic rings. The van der Waals surface area contributed by atoms with E-state index in [0.717, 1.165) is 38.3 Å². The van der Waals surface area contributed by atoms with E-state index in [-0.39, 0.29) is 18.7 Å². The highest BCUT2D eigenvalue weighted by molar-refractivity contribution is 7.99. The summed E-state index contributed by atoms with van der Waals surface area (Å²) >= 11 is 1.38. The lowest BCUT2D eigenvalue weighted by Crippen LogP contribution is -2.22. The fourth-order valence-electron chi connectivity index (χ4n) is 4.47. The van der Waals surface area contributed by atoms with Crippen LogP contribution in [-0.2, 0) is 16.1 Å². The van der Waals surface area contributed by atoms with Gasteiger partial charge in [-0.15, -0.1) is 11.8 Å². The number of thioether (sulfide) groups is 1. The average Bonchev–Trinajstić information content (AvgIpc) is 3.54. The summed E-state index contributed by atoms with van der Waals surface area (Å²) in [6, 6.07) is 13.3. The number of methoxy groups -OCH3 is 3. The van der Waals surface area contributed by atoms with Crippen LogP contribution in [0.25, 0.3) is 17.2 Å². The Balaban J connectivity index is 1.69. The van der Waals surface area contributed by atoms with Crippen LogP contribution in [0.4, 0.5) is 0 Å². The van der Waals surface area contributed by atoms with Gasteiger partial charge in [-0.2, -0.15) is 0 Å². The van der Waals surface area contributed by atoms with Gasteiger partial charge in [-0.1, -0.05) is 6.07 Å². The molecule has 204 valence electrons. The maximum Gasteiger partial charge on any atom is 0.304 e. The van der Waals surface area contributed by atoms with Crippen molar-refractivity contribution >= 4 is 40.9 Å². The Kier molecular flexibility index (Phi) is 9.03. The zero-order valence-electron chi connectivity index (χ0n) is 22.3. The van der Waals surface area contributed by atoms with E-state index in [4.69, 9.17) is 23.7 Å². The molecule has 0 bridgehead atoms. The molecular weight excluding hydrogens is 518 g/mol. The Bertz CT molecular complexity index is 1400. The van der Waals surface area contributed by atoms with Gasteiger partial charge in [0.05, 0.1) is 51.9 Å². The first kappa shape index (κ1) is 27.9. The third-order valence-corrected chi connectivity index (χ3v) is 7.53. The number of rotatable bonds is 12. The summed E-state index contributed by atoms with van der Waals surface area (Å²) in [6.45, 7) is 2.33. The number of hydrogen-bond acceptors (Lipinski definition) is 7. The number of carboxylic acids is 1. The number of carbonyl (C=O) groups is 2. The van der Waals surface area contributed by atoms with Crippen molar-refractivity contribution in [1.82, 2.24) is 5.32 Å². The lowest BCUT2D eigenvalue weighted by atomic mass is 10.00. The molecule has 2 N–H and O–H groups in total. The number of amides is 1. The van der Waals surface area contributed by atoms with Gasteiger partial charge in [-0.25, -0.2) is 0 Å². The quantitative estimate of drug-likeness (QED) is 0.269. The first-order chi connectivity index (χ1) is 18.8. The van der Waals surface area contributed by atoms with E-state index >= 15 is 0 Å². The minimum Gasteiger partial charge on any atom is -0.497 e. The molecule has 2 aromatic carbocycles. The van der Waals surface area contributed by atoms with E-state index in [2.05, 4.69) is 5.32 Å². The van der Waals surface area contributed by atoms with E-state index in [1.54, 1.807) is 33.7 Å². The predicted octanol–water partition coefficient (Wildman–Crippen LogP) is 5.91. The summed E-state index contributed by atoms with van der Waals surface area (Å²) in [5.74, 6) is 2.03. The number of carboxylic acid groups (broad SMARTS) is 1. The molecule has 1 aromatic heterocycles. The van der Waals surface area contributed by atoms with E-state index < -0.39 is 5.97 Å². The molecule has 0 saturated carbocycles. The van der Waals surface area contributed by atoms with Crippen LogP contribution >= 0.6 is 11.8 Å². The fraction of sp³-hybridized carbons (Fsp3) is 0.267. The van der Waals surface area contributed by atoms with Crippen molar-refractivity contribution in [2.45, 2.75) is 31.2 Å². The highest BCUT2D eigenvalue weighted by Crippen LogP contribution is 2.46. The molecule has 0 unspecified atom stereocenters. The van der Waals surface area contributed by atoms with Crippen molar-refractivity contribution in [3.8, 4) is 17.2 Å². The highest BCUT2D eigenvalue weighted by atomic mass is 32.2. The van der Waals surface area contributed by atoms with Crippen molar-refractivity contribution in [1.29, 1.82) is 0 Å². The zero-order chi connectivity index (χ0) is 27.9. The topological polar surface area (TPSA) is 107 Å². The minimum absolute atomic E-state index is 0.0326. The first-order valence-corrected chi connectivity index (χ1v) is 13.3. The Morgan fingerprint density at radius 2 is 1.77 bits per heavy atom. The SMILES string of the molecule is COc1ccc2c(c1)C(CC(=O)NCc1ccco1)=C(C)C2=Cc1cc(OC)c(SCCC(=O)O)c(OC)c1. The number of nitrogens with one attached hydrogen (secondary N) is 1. The van der Waals surface area contributed by atoms with Crippen molar-refractivity contribution in [2.75, 3.05) is 27.1 Å². The van der Waals surface area contributed by atoms with Crippen molar-refractivity contribution in [2.24, 2.45) is 0 Å². The molecule has 4 rings (SSSR count). The number of allylic oxidation sites excluding steroid dienone is 2. The van der Waals surface area contributed by atoms with Crippen LogP contribution in [0.1, 0.15) is 42.2 Å². The molecule has 0 spiro atoms. The summed E-state index contributed by atoms with van der Waals surface area (Å²) in [7, 11) is 4.78. The second kappa shape index (κ2) is 12.6. The van der Waals surface area contributed by atoms with E-state index in [1.807, 2.05) is 49.4 Å². The van der Waals surface area contributed by atoms with Crippen LogP contribution in [-0.4, -0.2) is 44.1 Å². The standard InChI is InChI=1S/C30H31NO7S/c1-18-23(12-19-13-26(36-3)30(27(14-19)37-4)39-11-9-29(33)34)22-8-7-20(35-2)15-25(22)24(18)16-28(32)31-17-21-6-5-10-38-21/h5-8,10,12-15H,9,11,16-17H2,1-4H3,(H,31,32)(H,33,34). The van der Waals surface area contributed by atoms with Crippen molar-refractivity contribution in [3.05, 3.63) is 76.8 Å². The summed E-state index contributed by atoms with van der Waals surface area (Å²) in [5.41, 5.74) is 5.70. The summed E-state index contributed by atoms with van der Waals surface area (Å²) in [5, 5.41) is 11.9. The number of fused-ring (bicyclic) bond motifs is 1. The maximum absolute atomic E-state index is 12.9. The Labute approximate surface area is 231 Å². The van der Waals surface area contributed by atoms with Crippen LogP contribution < -0.4 is 19.5 Å². The smallest absolute Gasteiger partial charge is 0.304 e. The normalized spacial score (nSPS) is 13.4.